The van der Waals surface area contributed by atoms with Crippen molar-refractivity contribution < 1.29 is 0 Å². The Morgan fingerprint density at radius 3 is 2.30 bits per heavy atom. The highest BCUT2D eigenvalue weighted by atomic mass is 32.1. The first kappa shape index (κ1) is 20.2. The Hall–Kier alpha value is -1.68. The average molecular weight is 423 g/mol. The molecule has 0 N–H and O–H groups in total. The average Bonchev–Trinajstić information content (AvgIpc) is 3.05. The van der Waals surface area contributed by atoms with Crippen LogP contribution in [0.25, 0.3) is 0 Å². The van der Waals surface area contributed by atoms with Crippen molar-refractivity contribution >= 4 is 29.7 Å². The van der Waals surface area contributed by atoms with Gasteiger partial charge in [-0.25, -0.2) is 4.99 Å². The molecule has 4 heteroatoms. The van der Waals surface area contributed by atoms with Crippen LogP contribution < -0.4 is 4.90 Å². The molecule has 2 aliphatic carbocycles. The smallest absolute Gasteiger partial charge is 0.178 e. The first-order valence-corrected chi connectivity index (χ1v) is 12.0. The van der Waals surface area contributed by atoms with Crippen LogP contribution in [0.5, 0.6) is 0 Å². The van der Waals surface area contributed by atoms with Gasteiger partial charge in [0.05, 0.1) is 0 Å². The molecule has 1 aromatic rings. The lowest BCUT2D eigenvalue weighted by Crippen LogP contribution is -2.26. The summed E-state index contributed by atoms with van der Waals surface area (Å²) in [7, 11) is 0. The predicted octanol–water partition coefficient (Wildman–Crippen LogP) is 5.04. The van der Waals surface area contributed by atoms with E-state index in [9.17, 15) is 0 Å². The first-order chi connectivity index (χ1) is 14.1. The zero-order chi connectivity index (χ0) is 21.3. The van der Waals surface area contributed by atoms with Crippen LogP contribution in [-0.4, -0.2) is 36.8 Å². The largest absolute Gasteiger partial charge is 0.371 e. The Morgan fingerprint density at radius 1 is 1.00 bits per heavy atom. The zero-order valence-electron chi connectivity index (χ0n) is 19.1. The molecule has 1 saturated carbocycles. The van der Waals surface area contributed by atoms with Gasteiger partial charge in [-0.3, -0.25) is 0 Å². The molecule has 3 fully saturated rings. The van der Waals surface area contributed by atoms with E-state index in [0.717, 1.165) is 53.6 Å². The Balaban J connectivity index is 1.24. The highest BCUT2D eigenvalue weighted by molar-refractivity contribution is 7.59. The summed E-state index contributed by atoms with van der Waals surface area (Å²) in [6.45, 7) is 16.6. The van der Waals surface area contributed by atoms with Crippen LogP contribution in [0.2, 0.25) is 0 Å². The number of allylic oxidation sites excluding steroid dienone is 3. The van der Waals surface area contributed by atoms with Gasteiger partial charge in [0.25, 0.3) is 0 Å². The van der Waals surface area contributed by atoms with E-state index in [1.165, 1.54) is 24.5 Å². The summed E-state index contributed by atoms with van der Waals surface area (Å²) in [5, 5.41) is 0. The summed E-state index contributed by atoms with van der Waals surface area (Å²) < 4.78 is 0. The zero-order valence-corrected chi connectivity index (χ0v) is 20.1. The molecular weight excluding hydrogens is 386 g/mol. The summed E-state index contributed by atoms with van der Waals surface area (Å²) in [4.78, 5) is 11.1. The number of anilines is 1. The third-order valence-corrected chi connectivity index (χ3v) is 8.89. The number of hydrogen-bond donors (Lipinski definition) is 0. The van der Waals surface area contributed by atoms with Crippen molar-refractivity contribution in [2.75, 3.05) is 31.1 Å². The van der Waals surface area contributed by atoms with Gasteiger partial charge >= 0.3 is 0 Å². The number of benzene rings is 1. The summed E-state index contributed by atoms with van der Waals surface area (Å²) in [5.41, 5.74) is 5.77. The highest BCUT2D eigenvalue weighted by Gasteiger charge is 2.61. The summed E-state index contributed by atoms with van der Waals surface area (Å²) in [6.07, 6.45) is 7.68. The minimum Gasteiger partial charge on any atom is -0.371 e. The monoisotopic (exact) mass is 422 g/mol. The fourth-order valence-corrected chi connectivity index (χ4v) is 5.93. The lowest BCUT2D eigenvalue weighted by molar-refractivity contribution is 0.300. The van der Waals surface area contributed by atoms with E-state index in [2.05, 4.69) is 93.5 Å². The van der Waals surface area contributed by atoms with E-state index in [4.69, 9.17) is 4.99 Å². The summed E-state index contributed by atoms with van der Waals surface area (Å²) in [5.74, 6) is 2.46. The number of piperidine rings is 1. The Labute approximate surface area is 187 Å². The van der Waals surface area contributed by atoms with Gasteiger partial charge in [0, 0.05) is 55.8 Å². The molecule has 0 bridgehead atoms. The minimum absolute atomic E-state index is 0.390. The van der Waals surface area contributed by atoms with Crippen molar-refractivity contribution in [2.45, 2.75) is 45.9 Å². The Morgan fingerprint density at radius 2 is 1.73 bits per heavy atom. The molecule has 160 valence electrons. The van der Waals surface area contributed by atoms with Crippen LogP contribution in [0, 0.1) is 28.6 Å². The van der Waals surface area contributed by atoms with Crippen LogP contribution >= 0.6 is 0 Å². The molecule has 3 unspecified atom stereocenters. The standard InChI is InChI=1S/C26H35N3S/c1-17-13-29(16-25(17,2)3)19-8-6-18(7-9-19)27-23-11-10-20(12-24(23)30)28-14-21-22(15-28)26(21,4)5/h6,8-12,17,21-22,30H,7,13-16H2,1-5H3/p+1. The molecule has 0 radical (unpaired) electrons. The van der Waals surface area contributed by atoms with E-state index < -0.39 is 0 Å². The first-order valence-electron chi connectivity index (χ1n) is 11.5. The van der Waals surface area contributed by atoms with Crippen LogP contribution in [0.15, 0.2) is 52.0 Å². The maximum Gasteiger partial charge on any atom is 0.178 e. The molecule has 2 heterocycles. The Kier molecular flexibility index (Phi) is 4.66. The number of hydrogen-bond acceptors (Lipinski definition) is 3. The van der Waals surface area contributed by atoms with Gasteiger partial charge < -0.3 is 9.80 Å². The van der Waals surface area contributed by atoms with E-state index in [0.29, 0.717) is 10.8 Å². The highest BCUT2D eigenvalue weighted by Crippen LogP contribution is 2.62. The van der Waals surface area contributed by atoms with Crippen LogP contribution in [0.1, 0.15) is 41.0 Å². The van der Waals surface area contributed by atoms with Crippen LogP contribution in [0.4, 0.5) is 11.4 Å². The molecule has 3 atom stereocenters. The number of aliphatic imine (C=N–C) groups is 1. The number of rotatable bonds is 3. The molecule has 0 spiro atoms. The topological polar surface area (TPSA) is 18.8 Å². The van der Waals surface area contributed by atoms with Gasteiger partial charge in [0.2, 0.25) is 0 Å². The molecule has 2 saturated heterocycles. The molecule has 2 aliphatic heterocycles. The third-order valence-electron chi connectivity index (χ3n) is 8.49. The maximum absolute atomic E-state index is 4.94. The maximum atomic E-state index is 4.94. The van der Waals surface area contributed by atoms with E-state index in [1.807, 2.05) is 0 Å². The number of fused-ring (bicyclic) bond motifs is 1. The molecule has 30 heavy (non-hydrogen) atoms. The van der Waals surface area contributed by atoms with Gasteiger partial charge in [0.15, 0.2) is 4.90 Å². The summed E-state index contributed by atoms with van der Waals surface area (Å²) in [6, 6.07) is 6.65. The SMILES string of the molecule is CC1CN(C2=CCC(=Nc3ccc(N4CC5C(C4)C5(C)C)cc3[SH2+])C=C2)CC1(C)C. The van der Waals surface area contributed by atoms with Crippen LogP contribution in [-0.2, 0) is 12.6 Å². The van der Waals surface area contributed by atoms with Crippen molar-refractivity contribution in [1.82, 2.24) is 4.90 Å². The van der Waals surface area contributed by atoms with E-state index >= 15 is 0 Å². The molecule has 0 amide bonds. The van der Waals surface area contributed by atoms with E-state index in [-0.39, 0.29) is 0 Å². The molecule has 3 nitrogen and oxygen atoms in total. The van der Waals surface area contributed by atoms with Gasteiger partial charge in [-0.1, -0.05) is 40.7 Å². The fraction of sp³-hybridized carbons (Fsp3) is 0.577. The van der Waals surface area contributed by atoms with Gasteiger partial charge in [-0.15, -0.1) is 0 Å². The van der Waals surface area contributed by atoms with Crippen molar-refractivity contribution in [3.63, 3.8) is 0 Å². The van der Waals surface area contributed by atoms with Crippen molar-refractivity contribution in [3.8, 4) is 0 Å². The van der Waals surface area contributed by atoms with E-state index in [1.54, 1.807) is 0 Å². The second kappa shape index (κ2) is 6.91. The number of nitrogens with zero attached hydrogens (tertiary/aromatic N) is 3. The second-order valence-electron chi connectivity index (χ2n) is 11.2. The molecular formula is C26H36N3S+. The predicted molar refractivity (Wildman–Crippen MR) is 131 cm³/mol. The van der Waals surface area contributed by atoms with Crippen LogP contribution in [0.3, 0.4) is 0 Å². The third kappa shape index (κ3) is 3.41. The number of likely N-dealkylation sites (tertiary alicyclic amines) is 1. The molecule has 0 aromatic heterocycles. The summed E-state index contributed by atoms with van der Waals surface area (Å²) >= 11 is 3.83. The second-order valence-corrected chi connectivity index (χ2v) is 11.7. The Bertz CT molecular complexity index is 941. The van der Waals surface area contributed by atoms with Crippen molar-refractivity contribution in [2.24, 2.45) is 33.6 Å². The fourth-order valence-electron chi connectivity index (χ4n) is 5.65. The van der Waals surface area contributed by atoms with Gasteiger partial charge in [-0.05, 0) is 65.5 Å². The minimum atomic E-state index is 0.390. The normalized spacial score (nSPS) is 32.5. The van der Waals surface area contributed by atoms with Crippen molar-refractivity contribution in [3.05, 3.63) is 42.1 Å². The molecule has 4 aliphatic rings. The van der Waals surface area contributed by atoms with Gasteiger partial charge in [0.1, 0.15) is 5.69 Å². The lowest BCUT2D eigenvalue weighted by atomic mass is 9.84. The van der Waals surface area contributed by atoms with Crippen molar-refractivity contribution in [1.29, 1.82) is 0 Å². The van der Waals surface area contributed by atoms with Gasteiger partial charge in [-0.2, -0.15) is 0 Å². The quantitative estimate of drug-likeness (QED) is 0.635. The molecule has 5 rings (SSSR count). The molecule has 1 aromatic carbocycles. The lowest BCUT2D eigenvalue weighted by Gasteiger charge is -2.24.